The molecule has 0 aliphatic rings. The Bertz CT molecular complexity index is 381. The molecule has 1 atom stereocenters. The largest absolute Gasteiger partial charge is 0.477 e. The molecule has 1 aromatic heterocycles. The quantitative estimate of drug-likeness (QED) is 0.770. The van der Waals surface area contributed by atoms with Crippen LogP contribution in [0.2, 0.25) is 0 Å². The summed E-state index contributed by atoms with van der Waals surface area (Å²) in [5.74, 6) is -1.01. The van der Waals surface area contributed by atoms with Gasteiger partial charge in [0, 0.05) is 7.11 Å². The van der Waals surface area contributed by atoms with Gasteiger partial charge >= 0.3 is 5.97 Å². The Morgan fingerprint density at radius 3 is 2.88 bits per heavy atom. The molecule has 0 fully saturated rings. The molecular weight excluding hydrogens is 212 g/mol. The fourth-order valence-electron chi connectivity index (χ4n) is 1.12. The van der Waals surface area contributed by atoms with E-state index in [1.54, 1.807) is 14.0 Å². The normalized spacial score (nSPS) is 12.1. The molecule has 1 unspecified atom stereocenters. The SMILES string of the molecule is COCC(C)Oc1nc(C(=O)O)ccc1N. The lowest BCUT2D eigenvalue weighted by molar-refractivity contribution is 0.0683. The summed E-state index contributed by atoms with van der Waals surface area (Å²) < 4.78 is 10.2. The van der Waals surface area contributed by atoms with Gasteiger partial charge in [-0.3, -0.25) is 0 Å². The summed E-state index contributed by atoms with van der Waals surface area (Å²) in [6, 6.07) is 2.77. The van der Waals surface area contributed by atoms with E-state index in [1.807, 2.05) is 0 Å². The number of hydrogen-bond donors (Lipinski definition) is 2. The van der Waals surface area contributed by atoms with Crippen LogP contribution in [0.3, 0.4) is 0 Å². The number of aromatic nitrogens is 1. The fourth-order valence-corrected chi connectivity index (χ4v) is 1.12. The molecule has 0 aliphatic heterocycles. The van der Waals surface area contributed by atoms with Crippen LogP contribution in [0.1, 0.15) is 17.4 Å². The number of carboxylic acids is 1. The number of rotatable bonds is 5. The number of methoxy groups -OCH3 is 1. The number of carbonyl (C=O) groups is 1. The zero-order chi connectivity index (χ0) is 12.1. The summed E-state index contributed by atoms with van der Waals surface area (Å²) in [5, 5.41) is 8.75. The summed E-state index contributed by atoms with van der Waals surface area (Å²) >= 11 is 0. The van der Waals surface area contributed by atoms with Crippen molar-refractivity contribution in [1.29, 1.82) is 0 Å². The average Bonchev–Trinajstić information content (AvgIpc) is 2.21. The first kappa shape index (κ1) is 12.3. The Morgan fingerprint density at radius 1 is 1.62 bits per heavy atom. The van der Waals surface area contributed by atoms with Crippen LogP contribution in [-0.2, 0) is 4.74 Å². The third-order valence-electron chi connectivity index (χ3n) is 1.82. The standard InChI is InChI=1S/C10H14N2O4/c1-6(5-15-2)16-9-7(11)3-4-8(12-9)10(13)14/h3-4,6H,5,11H2,1-2H3,(H,13,14). The average molecular weight is 226 g/mol. The van der Waals surface area contributed by atoms with Crippen LogP contribution in [0.5, 0.6) is 5.88 Å². The van der Waals surface area contributed by atoms with Gasteiger partial charge in [0.15, 0.2) is 5.69 Å². The number of aromatic carboxylic acids is 1. The third kappa shape index (κ3) is 3.09. The molecule has 0 amide bonds. The van der Waals surface area contributed by atoms with Crippen molar-refractivity contribution in [3.8, 4) is 5.88 Å². The number of nitrogens with zero attached hydrogens (tertiary/aromatic N) is 1. The van der Waals surface area contributed by atoms with Gasteiger partial charge in [0.2, 0.25) is 5.88 Å². The van der Waals surface area contributed by atoms with Gasteiger partial charge in [-0.1, -0.05) is 0 Å². The topological polar surface area (TPSA) is 94.7 Å². The van der Waals surface area contributed by atoms with Gasteiger partial charge < -0.3 is 20.3 Å². The van der Waals surface area contributed by atoms with E-state index in [0.29, 0.717) is 12.3 Å². The van der Waals surface area contributed by atoms with Crippen LogP contribution in [0.15, 0.2) is 12.1 Å². The number of ether oxygens (including phenoxy) is 2. The van der Waals surface area contributed by atoms with E-state index < -0.39 is 5.97 Å². The number of nitrogen functional groups attached to an aromatic ring is 1. The minimum absolute atomic E-state index is 0.103. The molecule has 6 heteroatoms. The van der Waals surface area contributed by atoms with Gasteiger partial charge in [0.05, 0.1) is 12.3 Å². The van der Waals surface area contributed by atoms with Gasteiger partial charge in [0.25, 0.3) is 0 Å². The molecular formula is C10H14N2O4. The van der Waals surface area contributed by atoms with Crippen molar-refractivity contribution in [2.45, 2.75) is 13.0 Å². The van der Waals surface area contributed by atoms with Crippen LogP contribution in [0, 0.1) is 0 Å². The first-order valence-corrected chi connectivity index (χ1v) is 4.70. The van der Waals surface area contributed by atoms with E-state index in [9.17, 15) is 4.79 Å². The summed E-state index contributed by atoms with van der Waals surface area (Å²) in [4.78, 5) is 14.5. The Balaban J connectivity index is 2.85. The second kappa shape index (κ2) is 5.32. The third-order valence-corrected chi connectivity index (χ3v) is 1.82. The zero-order valence-corrected chi connectivity index (χ0v) is 9.14. The number of anilines is 1. The number of carboxylic acid groups (broad SMARTS) is 1. The summed E-state index contributed by atoms with van der Waals surface area (Å²) in [7, 11) is 1.55. The molecule has 0 radical (unpaired) electrons. The van der Waals surface area contributed by atoms with Crippen molar-refractivity contribution in [3.05, 3.63) is 17.8 Å². The lowest BCUT2D eigenvalue weighted by Gasteiger charge is -2.14. The zero-order valence-electron chi connectivity index (χ0n) is 9.14. The smallest absolute Gasteiger partial charge is 0.354 e. The lowest BCUT2D eigenvalue weighted by Crippen LogP contribution is -2.20. The number of pyridine rings is 1. The van der Waals surface area contributed by atoms with Gasteiger partial charge in [-0.15, -0.1) is 0 Å². The Hall–Kier alpha value is -1.82. The van der Waals surface area contributed by atoms with E-state index >= 15 is 0 Å². The van der Waals surface area contributed by atoms with Crippen LogP contribution < -0.4 is 10.5 Å². The van der Waals surface area contributed by atoms with Crippen molar-refractivity contribution < 1.29 is 19.4 Å². The maximum absolute atomic E-state index is 10.7. The van der Waals surface area contributed by atoms with Crippen LogP contribution >= 0.6 is 0 Å². The minimum Gasteiger partial charge on any atom is -0.477 e. The molecule has 0 spiro atoms. The maximum atomic E-state index is 10.7. The lowest BCUT2D eigenvalue weighted by atomic mass is 10.3. The molecule has 16 heavy (non-hydrogen) atoms. The van der Waals surface area contributed by atoms with E-state index in [2.05, 4.69) is 4.98 Å². The Morgan fingerprint density at radius 2 is 2.31 bits per heavy atom. The van der Waals surface area contributed by atoms with Crippen molar-refractivity contribution in [2.24, 2.45) is 0 Å². The molecule has 6 nitrogen and oxygen atoms in total. The molecule has 3 N–H and O–H groups in total. The minimum atomic E-state index is -1.12. The van der Waals surface area contributed by atoms with Crippen molar-refractivity contribution in [3.63, 3.8) is 0 Å². The predicted octanol–water partition coefficient (Wildman–Crippen LogP) is 0.776. The maximum Gasteiger partial charge on any atom is 0.354 e. The molecule has 0 bridgehead atoms. The molecule has 0 saturated carbocycles. The van der Waals surface area contributed by atoms with Crippen LogP contribution in [0.25, 0.3) is 0 Å². The van der Waals surface area contributed by atoms with Crippen molar-refractivity contribution >= 4 is 11.7 Å². The molecule has 0 saturated heterocycles. The molecule has 1 aromatic rings. The predicted molar refractivity (Wildman–Crippen MR) is 57.6 cm³/mol. The Kier molecular flexibility index (Phi) is 4.07. The van der Waals surface area contributed by atoms with E-state index in [0.717, 1.165) is 0 Å². The van der Waals surface area contributed by atoms with E-state index in [-0.39, 0.29) is 17.7 Å². The number of hydrogen-bond acceptors (Lipinski definition) is 5. The van der Waals surface area contributed by atoms with Gasteiger partial charge in [-0.05, 0) is 19.1 Å². The second-order valence-corrected chi connectivity index (χ2v) is 3.28. The number of nitrogens with two attached hydrogens (primary N) is 1. The summed E-state index contributed by atoms with van der Waals surface area (Å²) in [6.45, 7) is 2.15. The molecule has 1 heterocycles. The second-order valence-electron chi connectivity index (χ2n) is 3.28. The highest BCUT2D eigenvalue weighted by Crippen LogP contribution is 2.19. The van der Waals surface area contributed by atoms with Crippen molar-refractivity contribution in [1.82, 2.24) is 4.98 Å². The monoisotopic (exact) mass is 226 g/mol. The molecule has 1 rings (SSSR count). The van der Waals surface area contributed by atoms with Crippen LogP contribution in [0.4, 0.5) is 5.69 Å². The molecule has 88 valence electrons. The molecule has 0 aliphatic carbocycles. The van der Waals surface area contributed by atoms with Crippen molar-refractivity contribution in [2.75, 3.05) is 19.5 Å². The summed E-state index contributed by atoms with van der Waals surface area (Å²) in [5.41, 5.74) is 5.81. The van der Waals surface area contributed by atoms with Gasteiger partial charge in [0.1, 0.15) is 6.10 Å². The Labute approximate surface area is 93.0 Å². The van der Waals surface area contributed by atoms with E-state index in [4.69, 9.17) is 20.3 Å². The van der Waals surface area contributed by atoms with Gasteiger partial charge in [-0.2, -0.15) is 0 Å². The first-order chi connectivity index (χ1) is 7.54. The van der Waals surface area contributed by atoms with E-state index in [1.165, 1.54) is 12.1 Å². The first-order valence-electron chi connectivity index (χ1n) is 4.70. The highest BCUT2D eigenvalue weighted by atomic mass is 16.5. The highest BCUT2D eigenvalue weighted by molar-refractivity contribution is 5.86. The molecule has 0 aromatic carbocycles. The summed E-state index contributed by atoms with van der Waals surface area (Å²) in [6.07, 6.45) is -0.246. The fraction of sp³-hybridized carbons (Fsp3) is 0.400. The highest BCUT2D eigenvalue weighted by Gasteiger charge is 2.12. The van der Waals surface area contributed by atoms with Gasteiger partial charge in [-0.25, -0.2) is 9.78 Å². The van der Waals surface area contributed by atoms with Crippen LogP contribution in [-0.4, -0.2) is 35.9 Å².